The van der Waals surface area contributed by atoms with Crippen LogP contribution in [0.3, 0.4) is 0 Å². The Morgan fingerprint density at radius 2 is 2.06 bits per heavy atom. The predicted molar refractivity (Wildman–Crippen MR) is 65.4 cm³/mol. The summed E-state index contributed by atoms with van der Waals surface area (Å²) in [6, 6.07) is -0.207. The van der Waals surface area contributed by atoms with E-state index >= 15 is 0 Å². The average Bonchev–Trinajstić information content (AvgIpc) is 2.78. The van der Waals surface area contributed by atoms with Crippen LogP contribution in [0.5, 0.6) is 0 Å². The van der Waals surface area contributed by atoms with Crippen LogP contribution >= 0.6 is 0 Å². The van der Waals surface area contributed by atoms with Crippen molar-refractivity contribution in [3.05, 3.63) is 0 Å². The van der Waals surface area contributed by atoms with Crippen molar-refractivity contribution in [2.24, 2.45) is 0 Å². The summed E-state index contributed by atoms with van der Waals surface area (Å²) in [6.45, 7) is -0.0978. The summed E-state index contributed by atoms with van der Waals surface area (Å²) in [5.74, 6) is -1.14. The van der Waals surface area contributed by atoms with Gasteiger partial charge in [-0.3, -0.25) is 4.79 Å². The van der Waals surface area contributed by atoms with Gasteiger partial charge in [0.05, 0.1) is 6.61 Å². The first-order valence-corrected chi connectivity index (χ1v) is 7.38. The van der Waals surface area contributed by atoms with Gasteiger partial charge in [0.25, 0.3) is 10.2 Å². The summed E-state index contributed by atoms with van der Waals surface area (Å²) in [4.78, 5) is 10.8. The molecule has 7 nitrogen and oxygen atoms in total. The Labute approximate surface area is 107 Å². The second-order valence-electron chi connectivity index (χ2n) is 4.27. The van der Waals surface area contributed by atoms with Gasteiger partial charge in [-0.1, -0.05) is 12.8 Å². The van der Waals surface area contributed by atoms with E-state index in [0.29, 0.717) is 0 Å². The fraction of sp³-hybridized carbons (Fsp3) is 0.900. The molecule has 1 aliphatic carbocycles. The Morgan fingerprint density at radius 1 is 1.44 bits per heavy atom. The number of carboxylic acid groups (broad SMARTS) is 1. The maximum Gasteiger partial charge on any atom is 0.318 e. The van der Waals surface area contributed by atoms with Crippen LogP contribution in [0.15, 0.2) is 0 Å². The summed E-state index contributed by atoms with van der Waals surface area (Å²) in [5, 5.41) is 8.82. The third-order valence-corrected chi connectivity index (χ3v) is 4.54. The minimum atomic E-state index is -3.75. The Kier molecular flexibility index (Phi) is 6.00. The quantitative estimate of drug-likeness (QED) is 0.600. The lowest BCUT2D eigenvalue weighted by Gasteiger charge is -2.26. The van der Waals surface area contributed by atoms with Gasteiger partial charge in [-0.05, 0) is 12.8 Å². The predicted octanol–water partition coefficient (Wildman–Crippen LogP) is -0.204. The lowest BCUT2D eigenvalue weighted by Crippen LogP contribution is -2.48. The highest BCUT2D eigenvalue weighted by Gasteiger charge is 2.33. The number of hydrogen-bond acceptors (Lipinski definition) is 4. The van der Waals surface area contributed by atoms with Crippen molar-refractivity contribution in [2.45, 2.75) is 31.7 Å². The first-order valence-electron chi connectivity index (χ1n) is 5.94. The molecule has 0 aliphatic heterocycles. The molecule has 0 heterocycles. The third-order valence-electron chi connectivity index (χ3n) is 2.92. The monoisotopic (exact) mass is 280 g/mol. The van der Waals surface area contributed by atoms with Crippen LogP contribution in [0.2, 0.25) is 0 Å². The first kappa shape index (κ1) is 15.4. The molecule has 1 fully saturated rings. The lowest BCUT2D eigenvalue weighted by atomic mass is 10.2. The Bertz CT molecular complexity index is 364. The molecule has 0 bridgehead atoms. The van der Waals surface area contributed by atoms with E-state index in [2.05, 4.69) is 4.72 Å². The number of methoxy groups -OCH3 is 1. The van der Waals surface area contributed by atoms with E-state index in [1.54, 1.807) is 0 Å². The molecule has 0 unspecified atom stereocenters. The second kappa shape index (κ2) is 7.03. The van der Waals surface area contributed by atoms with E-state index < -0.39 is 22.7 Å². The summed E-state index contributed by atoms with van der Waals surface area (Å²) >= 11 is 0. The fourth-order valence-electron chi connectivity index (χ4n) is 2.09. The van der Waals surface area contributed by atoms with E-state index in [1.807, 2.05) is 0 Å². The van der Waals surface area contributed by atoms with Gasteiger partial charge in [0.2, 0.25) is 0 Å². The maximum absolute atomic E-state index is 12.0. The van der Waals surface area contributed by atoms with Gasteiger partial charge in [-0.15, -0.1) is 0 Å². The van der Waals surface area contributed by atoms with Crippen LogP contribution < -0.4 is 4.72 Å². The van der Waals surface area contributed by atoms with Crippen LogP contribution in [0.1, 0.15) is 25.7 Å². The van der Waals surface area contributed by atoms with Crippen molar-refractivity contribution in [3.8, 4) is 0 Å². The topological polar surface area (TPSA) is 95.9 Å². The number of rotatable bonds is 8. The molecule has 0 aromatic carbocycles. The summed E-state index contributed by atoms with van der Waals surface area (Å²) < 4.78 is 32.2. The molecule has 8 heteroatoms. The molecule has 0 amide bonds. The molecule has 0 radical (unpaired) electrons. The number of carboxylic acids is 1. The molecule has 1 rings (SSSR count). The zero-order chi connectivity index (χ0) is 13.6. The number of hydrogen-bond donors (Lipinski definition) is 2. The van der Waals surface area contributed by atoms with Gasteiger partial charge in [0.1, 0.15) is 6.54 Å². The van der Waals surface area contributed by atoms with Gasteiger partial charge in [-0.25, -0.2) is 0 Å². The SMILES string of the molecule is COCCNS(=O)(=O)N(CC(=O)O)C1CCCC1. The highest BCUT2D eigenvalue weighted by atomic mass is 32.2. The molecule has 1 saturated carbocycles. The van der Waals surface area contributed by atoms with Crippen molar-refractivity contribution >= 4 is 16.2 Å². The molecule has 0 atom stereocenters. The minimum Gasteiger partial charge on any atom is -0.480 e. The van der Waals surface area contributed by atoms with Crippen LogP contribution in [-0.2, 0) is 19.7 Å². The Hall–Kier alpha value is -0.700. The number of nitrogens with one attached hydrogen (secondary N) is 1. The van der Waals surface area contributed by atoms with Crippen molar-refractivity contribution < 1.29 is 23.1 Å². The summed E-state index contributed by atoms with van der Waals surface area (Å²) in [7, 11) is -2.28. The lowest BCUT2D eigenvalue weighted by molar-refractivity contribution is -0.137. The van der Waals surface area contributed by atoms with Gasteiger partial charge in [-0.2, -0.15) is 17.4 Å². The fourth-order valence-corrected chi connectivity index (χ4v) is 3.48. The van der Waals surface area contributed by atoms with Gasteiger partial charge in [0.15, 0.2) is 0 Å². The number of carbonyl (C=O) groups is 1. The Balaban J connectivity index is 2.70. The van der Waals surface area contributed by atoms with Crippen molar-refractivity contribution in [3.63, 3.8) is 0 Å². The molecule has 0 spiro atoms. The normalized spacial score (nSPS) is 17.4. The van der Waals surface area contributed by atoms with Gasteiger partial charge in [0, 0.05) is 19.7 Å². The van der Waals surface area contributed by atoms with Gasteiger partial charge < -0.3 is 9.84 Å². The van der Waals surface area contributed by atoms with E-state index in [9.17, 15) is 13.2 Å². The molecule has 0 aromatic heterocycles. The molecule has 0 aromatic rings. The van der Waals surface area contributed by atoms with Crippen molar-refractivity contribution in [1.82, 2.24) is 9.03 Å². The summed E-state index contributed by atoms with van der Waals surface area (Å²) in [6.07, 6.45) is 3.32. The van der Waals surface area contributed by atoms with E-state index in [-0.39, 0.29) is 19.2 Å². The van der Waals surface area contributed by atoms with E-state index in [1.165, 1.54) is 7.11 Å². The molecule has 0 saturated heterocycles. The number of nitrogens with zero attached hydrogens (tertiary/aromatic N) is 1. The third kappa shape index (κ3) is 4.52. The highest BCUT2D eigenvalue weighted by Crippen LogP contribution is 2.24. The Morgan fingerprint density at radius 3 is 2.56 bits per heavy atom. The van der Waals surface area contributed by atoms with Crippen LogP contribution in [0.25, 0.3) is 0 Å². The smallest absolute Gasteiger partial charge is 0.318 e. The van der Waals surface area contributed by atoms with Crippen LogP contribution in [0, 0.1) is 0 Å². The average molecular weight is 280 g/mol. The van der Waals surface area contributed by atoms with Gasteiger partial charge >= 0.3 is 5.97 Å². The molecule has 18 heavy (non-hydrogen) atoms. The minimum absolute atomic E-state index is 0.141. The largest absolute Gasteiger partial charge is 0.480 e. The summed E-state index contributed by atoms with van der Waals surface area (Å²) in [5.41, 5.74) is 0. The maximum atomic E-state index is 12.0. The van der Waals surface area contributed by atoms with E-state index in [0.717, 1.165) is 30.0 Å². The molecule has 106 valence electrons. The van der Waals surface area contributed by atoms with Crippen LogP contribution in [-0.4, -0.2) is 56.6 Å². The molecular weight excluding hydrogens is 260 g/mol. The number of aliphatic carboxylic acids is 1. The zero-order valence-electron chi connectivity index (χ0n) is 10.5. The first-order chi connectivity index (χ1) is 8.47. The molecule has 1 aliphatic rings. The molecule has 2 N–H and O–H groups in total. The zero-order valence-corrected chi connectivity index (χ0v) is 11.3. The number of ether oxygens (including phenoxy) is 1. The van der Waals surface area contributed by atoms with Crippen molar-refractivity contribution in [2.75, 3.05) is 26.8 Å². The second-order valence-corrected chi connectivity index (χ2v) is 5.98. The van der Waals surface area contributed by atoms with Crippen LogP contribution in [0.4, 0.5) is 0 Å². The van der Waals surface area contributed by atoms with E-state index in [4.69, 9.17) is 9.84 Å². The standard InChI is InChI=1S/C10H20N2O5S/c1-17-7-6-11-18(15,16)12(8-10(13)14)9-4-2-3-5-9/h9,11H,2-8H2,1H3,(H,13,14). The van der Waals surface area contributed by atoms with Crippen molar-refractivity contribution in [1.29, 1.82) is 0 Å². The highest BCUT2D eigenvalue weighted by molar-refractivity contribution is 7.87. The molecular formula is C10H20N2O5S.